The Hall–Kier alpha value is -3.35. The van der Waals surface area contributed by atoms with Crippen LogP contribution in [0.1, 0.15) is 31.2 Å². The second-order valence-electron chi connectivity index (χ2n) is 9.10. The quantitative estimate of drug-likeness (QED) is 0.314. The van der Waals surface area contributed by atoms with Crippen LogP contribution in [0.25, 0.3) is 0 Å². The van der Waals surface area contributed by atoms with Crippen LogP contribution in [0.4, 0.5) is 30.2 Å². The fourth-order valence-electron chi connectivity index (χ4n) is 4.73. The normalized spacial score (nSPS) is 20.3. The van der Waals surface area contributed by atoms with Crippen molar-refractivity contribution < 1.29 is 22.8 Å². The lowest BCUT2D eigenvalue weighted by Gasteiger charge is -2.37. The second kappa shape index (κ2) is 11.4. The number of nitrogens with one attached hydrogen (secondary N) is 2. The number of anilines is 2. The highest BCUT2D eigenvalue weighted by atomic mass is 32.1. The van der Waals surface area contributed by atoms with Gasteiger partial charge in [0.25, 0.3) is 5.69 Å². The number of benzene rings is 1. The molecule has 0 amide bonds. The van der Waals surface area contributed by atoms with E-state index in [1.165, 1.54) is 6.07 Å². The van der Waals surface area contributed by atoms with E-state index in [9.17, 15) is 23.3 Å². The van der Waals surface area contributed by atoms with Crippen molar-refractivity contribution in [3.8, 4) is 5.88 Å². The number of nitro groups is 1. The fourth-order valence-corrected chi connectivity index (χ4v) is 4.91. The van der Waals surface area contributed by atoms with Gasteiger partial charge in [-0.1, -0.05) is 0 Å². The maximum atomic E-state index is 13.3. The molecular weight excluding hydrogens is 509 g/mol. The lowest BCUT2D eigenvalue weighted by atomic mass is 9.92. The summed E-state index contributed by atoms with van der Waals surface area (Å²) in [6, 6.07) is 6.86. The lowest BCUT2D eigenvalue weighted by molar-refractivity contribution is -0.388. The van der Waals surface area contributed by atoms with Gasteiger partial charge in [-0.15, -0.1) is 0 Å². The van der Waals surface area contributed by atoms with Gasteiger partial charge in [0, 0.05) is 69.0 Å². The summed E-state index contributed by atoms with van der Waals surface area (Å²) in [4.78, 5) is 18.7. The molecular formula is C24H29F3N6O3S. The van der Waals surface area contributed by atoms with Crippen molar-refractivity contribution in [1.29, 1.82) is 0 Å². The van der Waals surface area contributed by atoms with Gasteiger partial charge in [0.05, 0.1) is 4.92 Å². The first-order valence-electron chi connectivity index (χ1n) is 12.1. The number of hydrogen-bond donors (Lipinski definition) is 2. The van der Waals surface area contributed by atoms with Crippen molar-refractivity contribution in [2.45, 2.75) is 44.0 Å². The third kappa shape index (κ3) is 6.70. The maximum Gasteiger partial charge on any atom is 0.423 e. The zero-order chi connectivity index (χ0) is 26.6. The van der Waals surface area contributed by atoms with E-state index in [4.69, 9.17) is 17.0 Å². The number of nitro benzene ring substituents is 1. The Morgan fingerprint density at radius 2 is 1.84 bits per heavy atom. The predicted octanol–water partition coefficient (Wildman–Crippen LogP) is 4.44. The van der Waals surface area contributed by atoms with Crippen LogP contribution in [0.5, 0.6) is 5.88 Å². The molecule has 1 aromatic heterocycles. The second-order valence-corrected chi connectivity index (χ2v) is 9.49. The molecule has 200 valence electrons. The molecule has 1 aromatic carbocycles. The molecule has 2 fully saturated rings. The standard InChI is InChI=1S/C24H29F3N6O3S/c1-28-23(37)32-12-10-31(11-13-32)18-8-9-29-22(15-18)36-19-5-2-16(3-6-19)30-17-4-7-21(33(34)35)20(14-17)24(25,26)27/h4,7-9,14-16,19,30H,2-3,5-6,10-13H2,1H3,(H,28,37). The Morgan fingerprint density at radius 1 is 1.14 bits per heavy atom. The molecule has 9 nitrogen and oxygen atoms in total. The topological polar surface area (TPSA) is 95.8 Å². The third-order valence-corrected chi connectivity index (χ3v) is 7.16. The van der Waals surface area contributed by atoms with E-state index < -0.39 is 22.4 Å². The summed E-state index contributed by atoms with van der Waals surface area (Å²) in [7, 11) is 1.82. The van der Waals surface area contributed by atoms with Gasteiger partial charge in [-0.3, -0.25) is 10.1 Å². The molecule has 1 saturated carbocycles. The van der Waals surface area contributed by atoms with Crippen molar-refractivity contribution in [1.82, 2.24) is 15.2 Å². The highest BCUT2D eigenvalue weighted by molar-refractivity contribution is 7.80. The van der Waals surface area contributed by atoms with E-state index in [-0.39, 0.29) is 17.8 Å². The number of thiocarbonyl (C=S) groups is 1. The molecule has 2 heterocycles. The minimum absolute atomic E-state index is 0.0479. The van der Waals surface area contributed by atoms with Gasteiger partial charge in [0.1, 0.15) is 11.7 Å². The number of pyridine rings is 1. The van der Waals surface area contributed by atoms with Crippen LogP contribution in [0.3, 0.4) is 0 Å². The van der Waals surface area contributed by atoms with Crippen LogP contribution in [-0.4, -0.2) is 65.3 Å². The van der Waals surface area contributed by atoms with Gasteiger partial charge in [-0.05, 0) is 56.1 Å². The summed E-state index contributed by atoms with van der Waals surface area (Å²) in [5, 5.41) is 17.8. The van der Waals surface area contributed by atoms with Crippen LogP contribution in [0, 0.1) is 10.1 Å². The van der Waals surface area contributed by atoms with Crippen molar-refractivity contribution in [3.05, 3.63) is 52.2 Å². The van der Waals surface area contributed by atoms with Gasteiger partial charge < -0.3 is 25.2 Å². The van der Waals surface area contributed by atoms with Crippen molar-refractivity contribution >= 4 is 34.4 Å². The van der Waals surface area contributed by atoms with Gasteiger partial charge in [-0.25, -0.2) is 4.98 Å². The van der Waals surface area contributed by atoms with E-state index in [1.54, 1.807) is 6.20 Å². The number of halogens is 3. The van der Waals surface area contributed by atoms with Crippen molar-refractivity contribution in [2.24, 2.45) is 0 Å². The zero-order valence-corrected chi connectivity index (χ0v) is 21.1. The minimum atomic E-state index is -4.81. The van der Waals surface area contributed by atoms with Crippen LogP contribution < -0.4 is 20.3 Å². The van der Waals surface area contributed by atoms with E-state index >= 15 is 0 Å². The number of hydrogen-bond acceptors (Lipinski definition) is 7. The van der Waals surface area contributed by atoms with Crippen LogP contribution in [0.15, 0.2) is 36.5 Å². The summed E-state index contributed by atoms with van der Waals surface area (Å²) in [5.41, 5.74) is -0.953. The Bertz CT molecular complexity index is 1120. The molecule has 0 bridgehead atoms. The first-order valence-corrected chi connectivity index (χ1v) is 12.5. The van der Waals surface area contributed by atoms with Crippen molar-refractivity contribution in [2.75, 3.05) is 43.4 Å². The average Bonchev–Trinajstić information content (AvgIpc) is 2.89. The molecule has 0 unspecified atom stereocenters. The SMILES string of the molecule is CNC(=S)N1CCN(c2ccnc(OC3CCC(Nc4ccc([N+](=O)[O-])c(C(F)(F)F)c4)CC3)c2)CC1. The molecule has 13 heteroatoms. The van der Waals surface area contributed by atoms with E-state index in [1.807, 2.05) is 19.2 Å². The summed E-state index contributed by atoms with van der Waals surface area (Å²) < 4.78 is 45.9. The first-order chi connectivity index (χ1) is 17.6. The first kappa shape index (κ1) is 26.7. The highest BCUT2D eigenvalue weighted by Crippen LogP contribution is 2.38. The highest BCUT2D eigenvalue weighted by Gasteiger charge is 2.38. The summed E-state index contributed by atoms with van der Waals surface area (Å²) in [6.45, 7) is 3.32. The largest absolute Gasteiger partial charge is 0.474 e. The number of alkyl halides is 3. The Morgan fingerprint density at radius 3 is 2.46 bits per heavy atom. The molecule has 0 radical (unpaired) electrons. The number of nitrogens with zero attached hydrogens (tertiary/aromatic N) is 4. The molecule has 1 aliphatic carbocycles. The zero-order valence-electron chi connectivity index (χ0n) is 20.3. The molecule has 4 rings (SSSR count). The van der Waals surface area contributed by atoms with Gasteiger partial charge in [0.2, 0.25) is 5.88 Å². The summed E-state index contributed by atoms with van der Waals surface area (Å²) >= 11 is 5.31. The van der Waals surface area contributed by atoms with Crippen LogP contribution in [0.2, 0.25) is 0 Å². The molecule has 1 saturated heterocycles. The van der Waals surface area contributed by atoms with Gasteiger partial charge in [-0.2, -0.15) is 13.2 Å². The van der Waals surface area contributed by atoms with Crippen LogP contribution >= 0.6 is 12.2 Å². The maximum absolute atomic E-state index is 13.3. The van der Waals surface area contributed by atoms with Crippen LogP contribution in [-0.2, 0) is 6.18 Å². The predicted molar refractivity (Wildman–Crippen MR) is 138 cm³/mol. The molecule has 37 heavy (non-hydrogen) atoms. The average molecular weight is 539 g/mol. The fraction of sp³-hybridized carbons (Fsp3) is 0.500. The smallest absolute Gasteiger partial charge is 0.423 e. The Labute approximate surface area is 218 Å². The molecule has 0 spiro atoms. The molecule has 2 aromatic rings. The van der Waals surface area contributed by atoms with E-state index in [0.29, 0.717) is 31.6 Å². The monoisotopic (exact) mass is 538 g/mol. The molecule has 2 N–H and O–H groups in total. The van der Waals surface area contributed by atoms with E-state index in [0.717, 1.165) is 49.1 Å². The van der Waals surface area contributed by atoms with E-state index in [2.05, 4.69) is 25.4 Å². The number of ether oxygens (including phenoxy) is 1. The third-order valence-electron chi connectivity index (χ3n) is 6.70. The van der Waals surface area contributed by atoms with Gasteiger partial charge >= 0.3 is 6.18 Å². The minimum Gasteiger partial charge on any atom is -0.474 e. The Kier molecular flexibility index (Phi) is 8.20. The van der Waals surface area contributed by atoms with Gasteiger partial charge in [0.15, 0.2) is 5.11 Å². The molecule has 1 aliphatic heterocycles. The van der Waals surface area contributed by atoms with Crippen molar-refractivity contribution in [3.63, 3.8) is 0 Å². The molecule has 2 aliphatic rings. The summed E-state index contributed by atoms with van der Waals surface area (Å²) in [6.07, 6.45) is -0.319. The molecule has 0 atom stereocenters. The number of piperazine rings is 1. The number of aromatic nitrogens is 1. The lowest BCUT2D eigenvalue weighted by Crippen LogP contribution is -2.51. The summed E-state index contributed by atoms with van der Waals surface area (Å²) in [5.74, 6) is 0.548. The number of rotatable bonds is 6. The Balaban J connectivity index is 1.30.